The Morgan fingerprint density at radius 1 is 1.50 bits per heavy atom. The normalized spacial score (nSPS) is 23.6. The van der Waals surface area contributed by atoms with Crippen LogP contribution in [0.25, 0.3) is 0 Å². The van der Waals surface area contributed by atoms with E-state index in [1.54, 1.807) is 6.92 Å². The highest BCUT2D eigenvalue weighted by atomic mass is 79.9. The number of hydrogen-bond donors (Lipinski definition) is 2. The molecule has 0 aromatic carbocycles. The zero-order chi connectivity index (χ0) is 13.3. The summed E-state index contributed by atoms with van der Waals surface area (Å²) in [6, 6.07) is 3.27. The molecule has 0 aliphatic carbocycles. The van der Waals surface area contributed by atoms with Gasteiger partial charge in [0, 0.05) is 18.0 Å². The van der Waals surface area contributed by atoms with Gasteiger partial charge in [0.25, 0.3) is 5.91 Å². The number of thiophene rings is 1. The molecule has 1 unspecified atom stereocenters. The van der Waals surface area contributed by atoms with Crippen LogP contribution in [0.5, 0.6) is 0 Å². The van der Waals surface area contributed by atoms with Crippen molar-refractivity contribution in [3.05, 3.63) is 20.8 Å². The Bertz CT molecular complexity index is 490. The Balaban J connectivity index is 2.25. The van der Waals surface area contributed by atoms with Crippen LogP contribution < -0.4 is 5.32 Å². The molecule has 2 heterocycles. The number of carbonyl (C=O) groups excluding carboxylic acids is 2. The lowest BCUT2D eigenvalue weighted by molar-refractivity contribution is -0.131. The van der Waals surface area contributed by atoms with Gasteiger partial charge in [-0.05, 0) is 41.4 Å². The van der Waals surface area contributed by atoms with Crippen molar-refractivity contribution in [2.75, 3.05) is 13.2 Å². The van der Waals surface area contributed by atoms with Gasteiger partial charge in [-0.2, -0.15) is 0 Å². The zero-order valence-electron chi connectivity index (χ0n) is 9.77. The summed E-state index contributed by atoms with van der Waals surface area (Å²) in [5.41, 5.74) is -0.997. The van der Waals surface area contributed by atoms with Crippen LogP contribution in [0.4, 0.5) is 4.79 Å². The smallest absolute Gasteiger partial charge is 0.325 e. The minimum absolute atomic E-state index is 0.0433. The van der Waals surface area contributed by atoms with Crippen LogP contribution in [0.2, 0.25) is 0 Å². The largest absolute Gasteiger partial charge is 0.396 e. The van der Waals surface area contributed by atoms with Gasteiger partial charge in [0.15, 0.2) is 5.54 Å². The molecule has 3 amide bonds. The number of aliphatic hydroxyl groups excluding tert-OH is 1. The lowest BCUT2D eigenvalue weighted by atomic mass is 10.0. The van der Waals surface area contributed by atoms with Crippen LogP contribution in [-0.4, -0.2) is 35.1 Å². The van der Waals surface area contributed by atoms with Crippen molar-refractivity contribution in [2.45, 2.75) is 18.9 Å². The van der Waals surface area contributed by atoms with E-state index in [4.69, 9.17) is 5.11 Å². The summed E-state index contributed by atoms with van der Waals surface area (Å²) in [7, 11) is 0. The zero-order valence-corrected chi connectivity index (χ0v) is 12.2. The van der Waals surface area contributed by atoms with E-state index >= 15 is 0 Å². The van der Waals surface area contributed by atoms with E-state index in [0.29, 0.717) is 6.42 Å². The highest BCUT2D eigenvalue weighted by Gasteiger charge is 2.49. The molecule has 2 N–H and O–H groups in total. The van der Waals surface area contributed by atoms with E-state index in [-0.39, 0.29) is 19.1 Å². The number of halogens is 1. The first kappa shape index (κ1) is 13.5. The summed E-state index contributed by atoms with van der Waals surface area (Å²) < 4.78 is 0.912. The quantitative estimate of drug-likeness (QED) is 0.824. The van der Waals surface area contributed by atoms with Gasteiger partial charge in [-0.25, -0.2) is 4.79 Å². The number of aliphatic hydroxyl groups is 1. The third-order valence-electron chi connectivity index (χ3n) is 2.88. The van der Waals surface area contributed by atoms with Crippen molar-refractivity contribution >= 4 is 39.2 Å². The summed E-state index contributed by atoms with van der Waals surface area (Å²) in [5.74, 6) is -0.268. The number of imide groups is 1. The molecule has 1 saturated heterocycles. The van der Waals surface area contributed by atoms with Gasteiger partial charge in [-0.3, -0.25) is 9.69 Å². The molecule has 0 radical (unpaired) electrons. The van der Waals surface area contributed by atoms with Gasteiger partial charge in [0.05, 0.1) is 3.79 Å². The second-order valence-electron chi connectivity index (χ2n) is 4.19. The molecular formula is C11H13BrN2O3S. The molecule has 1 aromatic heterocycles. The molecule has 1 aliphatic heterocycles. The molecule has 0 saturated carbocycles. The summed E-state index contributed by atoms with van der Waals surface area (Å²) in [5, 5.41) is 11.5. The van der Waals surface area contributed by atoms with Gasteiger partial charge in [0.1, 0.15) is 0 Å². The number of amides is 3. The summed E-state index contributed by atoms with van der Waals surface area (Å²) in [6.07, 6.45) is 0.392. The number of hydrogen-bond acceptors (Lipinski definition) is 4. The molecule has 0 spiro atoms. The first-order valence-electron chi connectivity index (χ1n) is 5.50. The number of nitrogens with one attached hydrogen (secondary N) is 1. The van der Waals surface area contributed by atoms with E-state index in [1.807, 2.05) is 12.1 Å². The Hall–Kier alpha value is -0.920. The number of nitrogens with zero attached hydrogens (tertiary/aromatic N) is 1. The minimum Gasteiger partial charge on any atom is -0.396 e. The standard InChI is InChI=1S/C11H13BrN2O3S/c1-11(7-3-4-8(12)18-7)9(16)14(5-2-6-15)10(17)13-11/h3-4,15H,2,5-6H2,1H3,(H,13,17). The average molecular weight is 333 g/mol. The van der Waals surface area contributed by atoms with Gasteiger partial charge in [-0.1, -0.05) is 0 Å². The molecule has 1 aromatic rings. The van der Waals surface area contributed by atoms with Gasteiger partial charge >= 0.3 is 6.03 Å². The van der Waals surface area contributed by atoms with E-state index < -0.39 is 11.6 Å². The van der Waals surface area contributed by atoms with Gasteiger partial charge in [0.2, 0.25) is 0 Å². The average Bonchev–Trinajstić information content (AvgIpc) is 2.83. The molecule has 1 aliphatic rings. The van der Waals surface area contributed by atoms with E-state index in [2.05, 4.69) is 21.2 Å². The Kier molecular flexibility index (Phi) is 3.74. The predicted octanol–water partition coefficient (Wildman–Crippen LogP) is 1.66. The lowest BCUT2D eigenvalue weighted by Gasteiger charge is -2.19. The SMILES string of the molecule is CC1(c2ccc(Br)s2)NC(=O)N(CCCO)C1=O. The van der Waals surface area contributed by atoms with Gasteiger partial charge in [-0.15, -0.1) is 11.3 Å². The molecule has 5 nitrogen and oxygen atoms in total. The maximum absolute atomic E-state index is 12.3. The Morgan fingerprint density at radius 2 is 2.22 bits per heavy atom. The minimum atomic E-state index is -0.997. The van der Waals surface area contributed by atoms with Crippen molar-refractivity contribution in [3.63, 3.8) is 0 Å². The number of urea groups is 1. The van der Waals surface area contributed by atoms with E-state index in [9.17, 15) is 9.59 Å². The van der Waals surface area contributed by atoms with E-state index in [1.165, 1.54) is 11.3 Å². The monoisotopic (exact) mass is 332 g/mol. The third-order valence-corrected chi connectivity index (χ3v) is 4.73. The highest BCUT2D eigenvalue weighted by molar-refractivity contribution is 9.11. The van der Waals surface area contributed by atoms with E-state index in [0.717, 1.165) is 13.6 Å². The maximum Gasteiger partial charge on any atom is 0.325 e. The lowest BCUT2D eigenvalue weighted by Crippen LogP contribution is -2.40. The molecular weight excluding hydrogens is 320 g/mol. The molecule has 98 valence electrons. The Morgan fingerprint density at radius 3 is 2.78 bits per heavy atom. The molecule has 18 heavy (non-hydrogen) atoms. The maximum atomic E-state index is 12.3. The Labute approximate surface area is 117 Å². The van der Waals surface area contributed by atoms with Crippen molar-refractivity contribution in [1.82, 2.24) is 10.2 Å². The second kappa shape index (κ2) is 4.99. The molecule has 7 heteroatoms. The fourth-order valence-corrected chi connectivity index (χ4v) is 3.36. The fourth-order valence-electron chi connectivity index (χ4n) is 1.88. The first-order chi connectivity index (χ1) is 8.49. The van der Waals surface area contributed by atoms with Gasteiger partial charge < -0.3 is 10.4 Å². The fraction of sp³-hybridized carbons (Fsp3) is 0.455. The molecule has 0 bridgehead atoms. The number of rotatable bonds is 4. The van der Waals surface area contributed by atoms with Crippen molar-refractivity contribution in [2.24, 2.45) is 0 Å². The molecule has 1 fully saturated rings. The van der Waals surface area contributed by atoms with Crippen LogP contribution in [-0.2, 0) is 10.3 Å². The summed E-state index contributed by atoms with van der Waals surface area (Å²) >= 11 is 4.76. The first-order valence-corrected chi connectivity index (χ1v) is 7.11. The molecule has 1 atom stereocenters. The third kappa shape index (κ3) is 2.17. The van der Waals surface area contributed by atoms with Crippen LogP contribution in [0.15, 0.2) is 15.9 Å². The van der Waals surface area contributed by atoms with Crippen LogP contribution in [0, 0.1) is 0 Å². The number of carbonyl (C=O) groups is 2. The topological polar surface area (TPSA) is 69.6 Å². The van der Waals surface area contributed by atoms with Crippen molar-refractivity contribution in [1.29, 1.82) is 0 Å². The second-order valence-corrected chi connectivity index (χ2v) is 6.66. The predicted molar refractivity (Wildman–Crippen MR) is 71.3 cm³/mol. The van der Waals surface area contributed by atoms with Crippen LogP contribution in [0.3, 0.4) is 0 Å². The van der Waals surface area contributed by atoms with Crippen molar-refractivity contribution < 1.29 is 14.7 Å². The van der Waals surface area contributed by atoms with Crippen molar-refractivity contribution in [3.8, 4) is 0 Å². The highest BCUT2D eigenvalue weighted by Crippen LogP contribution is 2.35. The summed E-state index contributed by atoms with van der Waals surface area (Å²) in [4.78, 5) is 26.0. The van der Waals surface area contributed by atoms with Crippen LogP contribution >= 0.6 is 27.3 Å². The van der Waals surface area contributed by atoms with Crippen LogP contribution in [0.1, 0.15) is 18.2 Å². The molecule has 2 rings (SSSR count). The summed E-state index contributed by atoms with van der Waals surface area (Å²) in [6.45, 7) is 1.89.